The third-order valence-corrected chi connectivity index (χ3v) is 2.93. The maximum absolute atomic E-state index is 11.2. The number of carbonyl (C=O) groups excluding carboxylic acids is 1. The fourth-order valence-corrected chi connectivity index (χ4v) is 1.85. The zero-order chi connectivity index (χ0) is 12.6. The molecule has 0 unspecified atom stereocenters. The molecular weight excluding hydrogens is 272 g/mol. The first-order valence-corrected chi connectivity index (χ1v) is 6.38. The molecule has 0 saturated carbocycles. The van der Waals surface area contributed by atoms with Gasteiger partial charge in [0.1, 0.15) is 34.1 Å². The molecule has 0 amide bonds. The predicted molar refractivity (Wildman–Crippen MR) is 67.8 cm³/mol. The first-order valence-electron chi connectivity index (χ1n) is 4.89. The summed E-state index contributed by atoms with van der Waals surface area (Å²) in [6.07, 6.45) is 2.42. The van der Waals surface area contributed by atoms with Gasteiger partial charge in [-0.3, -0.25) is 0 Å². The van der Waals surface area contributed by atoms with Gasteiger partial charge in [-0.15, -0.1) is 0 Å². The van der Waals surface area contributed by atoms with Gasteiger partial charge in [0.25, 0.3) is 0 Å². The Labute approximate surface area is 112 Å². The second-order valence-corrected chi connectivity index (χ2v) is 4.42. The van der Waals surface area contributed by atoms with Crippen molar-refractivity contribution in [3.05, 3.63) is 48.8 Å². The minimum absolute atomic E-state index is 0.581. The second kappa shape index (κ2) is 6.87. The number of hydrogen-bond acceptors (Lipinski definition) is 7. The van der Waals surface area contributed by atoms with E-state index in [4.69, 9.17) is 8.37 Å². The van der Waals surface area contributed by atoms with Crippen LogP contribution < -0.4 is 0 Å². The van der Waals surface area contributed by atoms with Gasteiger partial charge in [-0.1, -0.05) is 12.1 Å². The van der Waals surface area contributed by atoms with Crippen LogP contribution in [0.5, 0.6) is 0 Å². The standard InChI is InChI=1S/C11H8N2O3S2/c14-11(15-17-9-5-1-3-7-12-9)16-18-10-6-2-4-8-13-10/h1-8H. The van der Waals surface area contributed by atoms with E-state index in [9.17, 15) is 4.79 Å². The molecule has 7 heteroatoms. The number of aromatic nitrogens is 2. The van der Waals surface area contributed by atoms with Crippen molar-refractivity contribution in [3.63, 3.8) is 0 Å². The molecule has 0 aliphatic heterocycles. The van der Waals surface area contributed by atoms with Gasteiger partial charge in [0, 0.05) is 12.4 Å². The lowest BCUT2D eigenvalue weighted by Crippen LogP contribution is -1.97. The molecule has 0 aromatic carbocycles. The van der Waals surface area contributed by atoms with E-state index in [2.05, 4.69) is 9.97 Å². The van der Waals surface area contributed by atoms with Gasteiger partial charge in [-0.05, 0) is 24.3 Å². The van der Waals surface area contributed by atoms with Crippen LogP contribution in [0, 0.1) is 0 Å². The summed E-state index contributed by atoms with van der Waals surface area (Å²) in [5.74, 6) is 0. The van der Waals surface area contributed by atoms with Crippen molar-refractivity contribution in [1.29, 1.82) is 0 Å². The predicted octanol–water partition coefficient (Wildman–Crippen LogP) is 3.34. The molecule has 0 aliphatic rings. The normalized spacial score (nSPS) is 9.78. The molecule has 18 heavy (non-hydrogen) atoms. The van der Waals surface area contributed by atoms with Gasteiger partial charge in [-0.2, -0.15) is 0 Å². The molecule has 2 rings (SSSR count). The number of hydrogen-bond donors (Lipinski definition) is 0. The molecule has 92 valence electrons. The van der Waals surface area contributed by atoms with Crippen LogP contribution in [0.25, 0.3) is 0 Å². The van der Waals surface area contributed by atoms with E-state index in [0.717, 1.165) is 24.1 Å². The molecule has 5 nitrogen and oxygen atoms in total. The van der Waals surface area contributed by atoms with Crippen molar-refractivity contribution in [2.24, 2.45) is 0 Å². The largest absolute Gasteiger partial charge is 0.534 e. The van der Waals surface area contributed by atoms with E-state index < -0.39 is 6.16 Å². The highest BCUT2D eigenvalue weighted by molar-refractivity contribution is 7.96. The third-order valence-electron chi connectivity index (χ3n) is 1.67. The van der Waals surface area contributed by atoms with Crippen molar-refractivity contribution in [1.82, 2.24) is 9.97 Å². The average Bonchev–Trinajstić information content (AvgIpc) is 2.45. The van der Waals surface area contributed by atoms with Crippen LogP contribution in [0.15, 0.2) is 58.8 Å². The minimum Gasteiger partial charge on any atom is -0.352 e. The van der Waals surface area contributed by atoms with E-state index in [1.807, 2.05) is 0 Å². The van der Waals surface area contributed by atoms with Crippen molar-refractivity contribution in [2.75, 3.05) is 0 Å². The summed E-state index contributed by atoms with van der Waals surface area (Å²) in [7, 11) is 0. The molecule has 0 aliphatic carbocycles. The van der Waals surface area contributed by atoms with Gasteiger partial charge >= 0.3 is 6.16 Å². The lowest BCUT2D eigenvalue weighted by Gasteiger charge is -2.01. The maximum Gasteiger partial charge on any atom is 0.534 e. The topological polar surface area (TPSA) is 61.3 Å². The molecule has 2 heterocycles. The van der Waals surface area contributed by atoms with E-state index in [1.54, 1.807) is 48.8 Å². The van der Waals surface area contributed by atoms with E-state index in [-0.39, 0.29) is 0 Å². The molecule has 0 spiro atoms. The summed E-state index contributed by atoms with van der Waals surface area (Å²) in [4.78, 5) is 19.2. The van der Waals surface area contributed by atoms with Crippen molar-refractivity contribution in [2.45, 2.75) is 10.1 Å². The van der Waals surface area contributed by atoms with Crippen molar-refractivity contribution >= 4 is 30.2 Å². The Kier molecular flexibility index (Phi) is 4.86. The maximum atomic E-state index is 11.2. The lowest BCUT2D eigenvalue weighted by molar-refractivity contribution is 0.168. The zero-order valence-electron chi connectivity index (χ0n) is 9.05. The van der Waals surface area contributed by atoms with Crippen molar-refractivity contribution in [3.8, 4) is 0 Å². The Balaban J connectivity index is 1.73. The summed E-state index contributed by atoms with van der Waals surface area (Å²) in [6.45, 7) is 0. The number of pyridine rings is 2. The molecule has 0 atom stereocenters. The van der Waals surface area contributed by atoms with Crippen LogP contribution in [0.3, 0.4) is 0 Å². The summed E-state index contributed by atoms with van der Waals surface area (Å²) in [6, 6.07) is 10.6. The Morgan fingerprint density at radius 2 is 1.39 bits per heavy atom. The Hall–Kier alpha value is -1.73. The summed E-state index contributed by atoms with van der Waals surface area (Å²) in [5, 5.41) is 1.16. The van der Waals surface area contributed by atoms with E-state index in [0.29, 0.717) is 10.1 Å². The highest BCUT2D eigenvalue weighted by Crippen LogP contribution is 2.20. The third kappa shape index (κ3) is 4.27. The molecule has 0 bridgehead atoms. The first-order chi connectivity index (χ1) is 8.84. The quantitative estimate of drug-likeness (QED) is 0.796. The summed E-state index contributed by atoms with van der Waals surface area (Å²) >= 11 is 1.69. The molecule has 0 N–H and O–H groups in total. The number of nitrogens with zero attached hydrogens (tertiary/aromatic N) is 2. The van der Waals surface area contributed by atoms with Crippen LogP contribution in [0.1, 0.15) is 0 Å². The average molecular weight is 280 g/mol. The molecule has 0 radical (unpaired) electrons. The molecule has 0 fully saturated rings. The Morgan fingerprint density at radius 1 is 0.889 bits per heavy atom. The summed E-state index contributed by atoms with van der Waals surface area (Å²) < 4.78 is 9.59. The van der Waals surface area contributed by atoms with Crippen LogP contribution in [0.4, 0.5) is 4.79 Å². The highest BCUT2D eigenvalue weighted by atomic mass is 32.2. The van der Waals surface area contributed by atoms with Gasteiger partial charge in [0.2, 0.25) is 0 Å². The van der Waals surface area contributed by atoms with Crippen LogP contribution >= 0.6 is 24.1 Å². The van der Waals surface area contributed by atoms with Gasteiger partial charge in [0.15, 0.2) is 0 Å². The van der Waals surface area contributed by atoms with Gasteiger partial charge in [0.05, 0.1) is 0 Å². The van der Waals surface area contributed by atoms with Gasteiger partial charge in [-0.25, -0.2) is 14.8 Å². The molecule has 0 saturated heterocycles. The van der Waals surface area contributed by atoms with Gasteiger partial charge < -0.3 is 8.37 Å². The van der Waals surface area contributed by atoms with Crippen LogP contribution in [-0.4, -0.2) is 16.1 Å². The first kappa shape index (κ1) is 12.7. The lowest BCUT2D eigenvalue weighted by atomic mass is 10.5. The molecular formula is C11H8N2O3S2. The Morgan fingerprint density at radius 3 is 1.78 bits per heavy atom. The molecule has 2 aromatic heterocycles. The Bertz CT molecular complexity index is 451. The molecule has 2 aromatic rings. The van der Waals surface area contributed by atoms with E-state index >= 15 is 0 Å². The monoisotopic (exact) mass is 280 g/mol. The number of carbonyl (C=O) groups is 1. The second-order valence-electron chi connectivity index (χ2n) is 2.92. The van der Waals surface area contributed by atoms with Crippen LogP contribution in [0.2, 0.25) is 0 Å². The van der Waals surface area contributed by atoms with Crippen molar-refractivity contribution < 1.29 is 13.2 Å². The minimum atomic E-state index is -0.804. The summed E-state index contributed by atoms with van der Waals surface area (Å²) in [5.41, 5.74) is 0. The SMILES string of the molecule is O=C(OSc1ccccn1)OSc1ccccn1. The van der Waals surface area contributed by atoms with E-state index in [1.165, 1.54) is 0 Å². The highest BCUT2D eigenvalue weighted by Gasteiger charge is 2.08. The zero-order valence-corrected chi connectivity index (χ0v) is 10.7. The van der Waals surface area contributed by atoms with Crippen LogP contribution in [-0.2, 0) is 8.37 Å². The fraction of sp³-hybridized carbons (Fsp3) is 0. The fourth-order valence-electron chi connectivity index (χ4n) is 0.960. The number of rotatable bonds is 4. The smallest absolute Gasteiger partial charge is 0.352 e.